The zero-order chi connectivity index (χ0) is 19.8. The van der Waals surface area contributed by atoms with Crippen molar-refractivity contribution in [1.29, 1.82) is 0 Å². The Bertz CT molecular complexity index is 937. The number of carbonyl (C=O) groups is 3. The van der Waals surface area contributed by atoms with Crippen molar-refractivity contribution in [3.63, 3.8) is 0 Å². The lowest BCUT2D eigenvalue weighted by Gasteiger charge is -2.08. The number of esters is 1. The van der Waals surface area contributed by atoms with Gasteiger partial charge in [-0.15, -0.1) is 11.3 Å². The highest BCUT2D eigenvalue weighted by atomic mass is 32.1. The number of nitrogens with one attached hydrogen (secondary N) is 2. The lowest BCUT2D eigenvalue weighted by molar-refractivity contribution is -0.137. The molecule has 10 heteroatoms. The summed E-state index contributed by atoms with van der Waals surface area (Å²) in [4.78, 5) is 34.4. The molecule has 2 heterocycles. The predicted octanol–water partition coefficient (Wildman–Crippen LogP) is 2.98. The number of rotatable bonds is 4. The Morgan fingerprint density at radius 2 is 2.07 bits per heavy atom. The minimum absolute atomic E-state index is 0.0315. The number of benzene rings is 1. The van der Waals surface area contributed by atoms with Gasteiger partial charge in [0.1, 0.15) is 4.88 Å². The van der Waals surface area contributed by atoms with Gasteiger partial charge in [0.25, 0.3) is 5.91 Å². The summed E-state index contributed by atoms with van der Waals surface area (Å²) in [5.74, 6) is -2.08. The van der Waals surface area contributed by atoms with Crippen LogP contribution in [0, 0.1) is 0 Å². The van der Waals surface area contributed by atoms with E-state index in [1.54, 1.807) is 18.2 Å². The zero-order valence-corrected chi connectivity index (χ0v) is 14.7. The van der Waals surface area contributed by atoms with E-state index in [0.717, 1.165) is 12.7 Å². The van der Waals surface area contributed by atoms with E-state index in [2.05, 4.69) is 15.4 Å². The van der Waals surface area contributed by atoms with E-state index >= 15 is 0 Å². The maximum Gasteiger partial charge on any atom is 0.418 e. The van der Waals surface area contributed by atoms with Crippen molar-refractivity contribution in [2.45, 2.75) is 19.1 Å². The molecule has 0 spiro atoms. The Hall–Kier alpha value is -2.88. The van der Waals surface area contributed by atoms with Crippen LogP contribution in [0.5, 0.6) is 0 Å². The molecule has 0 aliphatic carbocycles. The summed E-state index contributed by atoms with van der Waals surface area (Å²) >= 11 is 0.415. The van der Waals surface area contributed by atoms with Gasteiger partial charge in [0.2, 0.25) is 5.91 Å². The molecule has 0 unspecified atom stereocenters. The number of hydrogen-bond donors (Lipinski definition) is 2. The average molecular weight is 398 g/mol. The molecule has 27 heavy (non-hydrogen) atoms. The van der Waals surface area contributed by atoms with E-state index in [9.17, 15) is 27.6 Å². The molecular weight excluding hydrogens is 385 g/mol. The lowest BCUT2D eigenvalue weighted by atomic mass is 10.0. The highest BCUT2D eigenvalue weighted by Gasteiger charge is 2.38. The van der Waals surface area contributed by atoms with Crippen LogP contribution in [-0.4, -0.2) is 24.9 Å². The molecule has 142 valence electrons. The van der Waals surface area contributed by atoms with Crippen molar-refractivity contribution < 1.29 is 32.3 Å². The molecular formula is C17H13F3N2O4S. The number of thiophene rings is 1. The Balaban J connectivity index is 1.80. The van der Waals surface area contributed by atoms with Crippen LogP contribution in [0.15, 0.2) is 24.3 Å². The Morgan fingerprint density at radius 3 is 2.74 bits per heavy atom. The summed E-state index contributed by atoms with van der Waals surface area (Å²) in [5.41, 5.74) is 0.857. The van der Waals surface area contributed by atoms with Gasteiger partial charge >= 0.3 is 12.1 Å². The highest BCUT2D eigenvalue weighted by molar-refractivity contribution is 7.16. The van der Waals surface area contributed by atoms with Gasteiger partial charge in [-0.3, -0.25) is 9.59 Å². The van der Waals surface area contributed by atoms with E-state index in [1.807, 2.05) is 0 Å². The second-order valence-corrected chi connectivity index (χ2v) is 6.75. The molecule has 0 radical (unpaired) electrons. The van der Waals surface area contributed by atoms with Crippen molar-refractivity contribution in [3.05, 3.63) is 50.7 Å². The molecule has 3 rings (SSSR count). The van der Waals surface area contributed by atoms with Crippen LogP contribution in [0.3, 0.4) is 0 Å². The van der Waals surface area contributed by atoms with Gasteiger partial charge in [0, 0.05) is 12.2 Å². The van der Waals surface area contributed by atoms with Crippen LogP contribution < -0.4 is 10.6 Å². The van der Waals surface area contributed by atoms with Gasteiger partial charge in [-0.05, 0) is 23.3 Å². The third-order valence-corrected chi connectivity index (χ3v) is 5.07. The van der Waals surface area contributed by atoms with Gasteiger partial charge in [0.05, 0.1) is 24.0 Å². The van der Waals surface area contributed by atoms with Crippen LogP contribution in [0.25, 0.3) is 0 Å². The third kappa shape index (κ3) is 3.80. The van der Waals surface area contributed by atoms with Crippen molar-refractivity contribution in [2.75, 3.05) is 12.4 Å². The SMILES string of the molecule is COC(=O)c1sc(C(=O)NCc2cccc3c2CC(=O)N3)cc1C(F)(F)F. The molecule has 2 N–H and O–H groups in total. The largest absolute Gasteiger partial charge is 0.465 e. The number of methoxy groups -OCH3 is 1. The first-order chi connectivity index (χ1) is 12.7. The summed E-state index contributed by atoms with van der Waals surface area (Å²) in [7, 11) is 0.966. The minimum Gasteiger partial charge on any atom is -0.465 e. The minimum atomic E-state index is -4.79. The van der Waals surface area contributed by atoms with E-state index in [4.69, 9.17) is 0 Å². The number of fused-ring (bicyclic) bond motifs is 1. The summed E-state index contributed by atoms with van der Waals surface area (Å²) < 4.78 is 43.6. The summed E-state index contributed by atoms with van der Waals surface area (Å²) in [6, 6.07) is 5.78. The lowest BCUT2D eigenvalue weighted by Crippen LogP contribution is -2.22. The standard InChI is InChI=1S/C17H13F3N2O4S/c1-26-16(25)14-10(17(18,19)20)6-12(27-14)15(24)21-7-8-3-2-4-11-9(8)5-13(23)22-11/h2-4,6H,5,7H2,1H3,(H,21,24)(H,22,23). The van der Waals surface area contributed by atoms with E-state index in [0.29, 0.717) is 28.7 Å². The molecule has 0 saturated carbocycles. The maximum atomic E-state index is 13.1. The average Bonchev–Trinajstić information content (AvgIpc) is 3.21. The van der Waals surface area contributed by atoms with E-state index in [-0.39, 0.29) is 23.7 Å². The number of amides is 2. The first kappa shape index (κ1) is 18.9. The van der Waals surface area contributed by atoms with Crippen molar-refractivity contribution in [3.8, 4) is 0 Å². The molecule has 0 saturated heterocycles. The van der Waals surface area contributed by atoms with Gasteiger partial charge in [-0.2, -0.15) is 13.2 Å². The molecule has 6 nitrogen and oxygen atoms in total. The summed E-state index contributed by atoms with van der Waals surface area (Å²) in [6.45, 7) is 0.0315. The normalized spacial score (nSPS) is 13.1. The smallest absolute Gasteiger partial charge is 0.418 e. The van der Waals surface area contributed by atoms with Gasteiger partial charge in [-0.1, -0.05) is 12.1 Å². The number of hydrogen-bond acceptors (Lipinski definition) is 5. The number of halogens is 3. The summed E-state index contributed by atoms with van der Waals surface area (Å²) in [5, 5.41) is 5.20. The fraction of sp³-hybridized carbons (Fsp3) is 0.235. The number of ether oxygens (including phenoxy) is 1. The molecule has 0 bridgehead atoms. The Labute approximate surface area is 155 Å². The Morgan fingerprint density at radius 1 is 1.33 bits per heavy atom. The quantitative estimate of drug-likeness (QED) is 0.776. The first-order valence-corrected chi connectivity index (χ1v) is 8.50. The van der Waals surface area contributed by atoms with Gasteiger partial charge in [0.15, 0.2) is 0 Å². The highest BCUT2D eigenvalue weighted by Crippen LogP contribution is 2.37. The second-order valence-electron chi connectivity index (χ2n) is 5.69. The topological polar surface area (TPSA) is 84.5 Å². The van der Waals surface area contributed by atoms with Gasteiger partial charge < -0.3 is 15.4 Å². The van der Waals surface area contributed by atoms with Crippen LogP contribution >= 0.6 is 11.3 Å². The maximum absolute atomic E-state index is 13.1. The van der Waals surface area contributed by atoms with Crippen molar-refractivity contribution >= 4 is 34.8 Å². The van der Waals surface area contributed by atoms with Crippen molar-refractivity contribution in [2.24, 2.45) is 0 Å². The van der Waals surface area contributed by atoms with E-state index < -0.39 is 28.5 Å². The van der Waals surface area contributed by atoms with Crippen LogP contribution in [0.1, 0.15) is 36.0 Å². The molecule has 1 aromatic carbocycles. The van der Waals surface area contributed by atoms with Crippen LogP contribution in [-0.2, 0) is 28.7 Å². The van der Waals surface area contributed by atoms with Gasteiger partial charge in [-0.25, -0.2) is 4.79 Å². The van der Waals surface area contributed by atoms with Crippen molar-refractivity contribution in [1.82, 2.24) is 5.32 Å². The Kier molecular flexibility index (Phi) is 4.92. The van der Waals surface area contributed by atoms with E-state index in [1.165, 1.54) is 0 Å². The number of alkyl halides is 3. The summed E-state index contributed by atoms with van der Waals surface area (Å²) in [6.07, 6.45) is -4.62. The molecule has 0 fully saturated rings. The number of carbonyl (C=O) groups excluding carboxylic acids is 3. The fourth-order valence-electron chi connectivity index (χ4n) is 2.70. The predicted molar refractivity (Wildman–Crippen MR) is 90.6 cm³/mol. The molecule has 1 aliphatic rings. The fourth-order valence-corrected chi connectivity index (χ4v) is 3.71. The number of anilines is 1. The monoisotopic (exact) mass is 398 g/mol. The molecule has 1 aromatic heterocycles. The van der Waals surface area contributed by atoms with Crippen LogP contribution in [0.4, 0.5) is 18.9 Å². The first-order valence-electron chi connectivity index (χ1n) is 7.69. The molecule has 1 aliphatic heterocycles. The second kappa shape index (κ2) is 7.03. The van der Waals surface area contributed by atoms with Crippen LogP contribution in [0.2, 0.25) is 0 Å². The molecule has 0 atom stereocenters. The zero-order valence-electron chi connectivity index (χ0n) is 13.9. The molecule has 2 aromatic rings. The molecule has 2 amide bonds. The third-order valence-electron chi connectivity index (χ3n) is 3.96.